The second-order valence-corrected chi connectivity index (χ2v) is 4.17. The van der Waals surface area contributed by atoms with Gasteiger partial charge in [0.15, 0.2) is 5.65 Å². The number of aryl methyl sites for hydroxylation is 4. The van der Waals surface area contributed by atoms with Gasteiger partial charge in [-0.05, 0) is 26.7 Å². The van der Waals surface area contributed by atoms with Crippen LogP contribution in [0, 0.1) is 13.8 Å². The fraction of sp³-hybridized carbons (Fsp3) is 0.545. The van der Waals surface area contributed by atoms with Gasteiger partial charge in [-0.2, -0.15) is 0 Å². The number of nitrogens with zero attached hydrogens (tertiary/aromatic N) is 4. The lowest BCUT2D eigenvalue weighted by Crippen LogP contribution is -2.10. The Balaban J connectivity index is 2.37. The van der Waals surface area contributed by atoms with Crippen LogP contribution in [0.1, 0.15) is 30.2 Å². The summed E-state index contributed by atoms with van der Waals surface area (Å²) < 4.78 is 2.25. The molecule has 4 nitrogen and oxygen atoms in total. The predicted molar refractivity (Wildman–Crippen MR) is 57.7 cm³/mol. The van der Waals surface area contributed by atoms with Crippen molar-refractivity contribution in [3.63, 3.8) is 0 Å². The highest BCUT2D eigenvalue weighted by molar-refractivity contribution is 5.74. The summed E-state index contributed by atoms with van der Waals surface area (Å²) in [6, 6.07) is 0. The van der Waals surface area contributed by atoms with Gasteiger partial charge in [0.2, 0.25) is 0 Å². The van der Waals surface area contributed by atoms with Gasteiger partial charge in [0.1, 0.15) is 17.2 Å². The second-order valence-electron chi connectivity index (χ2n) is 4.17. The van der Waals surface area contributed by atoms with Crippen molar-refractivity contribution in [1.29, 1.82) is 0 Å². The molecular formula is C11H14N4. The van der Waals surface area contributed by atoms with E-state index in [1.54, 1.807) is 0 Å². The number of imidazole rings is 1. The Labute approximate surface area is 88.4 Å². The Morgan fingerprint density at radius 1 is 1.07 bits per heavy atom. The Morgan fingerprint density at radius 2 is 1.93 bits per heavy atom. The van der Waals surface area contributed by atoms with Crippen molar-refractivity contribution in [1.82, 2.24) is 19.5 Å². The maximum atomic E-state index is 4.63. The molecule has 0 fully saturated rings. The predicted octanol–water partition coefficient (Wildman–Crippen LogP) is 1.78. The van der Waals surface area contributed by atoms with Gasteiger partial charge in [-0.3, -0.25) is 0 Å². The van der Waals surface area contributed by atoms with Crippen LogP contribution < -0.4 is 0 Å². The largest absolute Gasteiger partial charge is 0.313 e. The lowest BCUT2D eigenvalue weighted by molar-refractivity contribution is 0.530. The first-order chi connectivity index (χ1) is 7.25. The van der Waals surface area contributed by atoms with E-state index in [-0.39, 0.29) is 0 Å². The minimum Gasteiger partial charge on any atom is -0.313 e. The molecule has 3 rings (SSSR count). The van der Waals surface area contributed by atoms with Crippen molar-refractivity contribution in [2.24, 2.45) is 0 Å². The normalized spacial score (nSPS) is 15.6. The maximum Gasteiger partial charge on any atom is 0.164 e. The average molecular weight is 202 g/mol. The SMILES string of the molecule is Cc1nc(C)c2nc3n(c2n1)CCCC3. The molecule has 4 heteroatoms. The highest BCUT2D eigenvalue weighted by Crippen LogP contribution is 2.22. The third-order valence-electron chi connectivity index (χ3n) is 2.99. The minimum atomic E-state index is 0.841. The zero-order chi connectivity index (χ0) is 10.4. The standard InChI is InChI=1S/C11H14N4/c1-7-10-11(13-8(2)12-7)15-6-4-3-5-9(15)14-10/h3-6H2,1-2H3. The third kappa shape index (κ3) is 1.24. The van der Waals surface area contributed by atoms with Crippen LogP contribution in [0.15, 0.2) is 0 Å². The highest BCUT2D eigenvalue weighted by atomic mass is 15.2. The van der Waals surface area contributed by atoms with Gasteiger partial charge in [0, 0.05) is 13.0 Å². The third-order valence-corrected chi connectivity index (χ3v) is 2.99. The second kappa shape index (κ2) is 3.02. The molecule has 1 aliphatic heterocycles. The fourth-order valence-corrected chi connectivity index (χ4v) is 2.30. The van der Waals surface area contributed by atoms with Gasteiger partial charge in [0.05, 0.1) is 5.69 Å². The monoisotopic (exact) mass is 202 g/mol. The van der Waals surface area contributed by atoms with E-state index in [9.17, 15) is 0 Å². The molecule has 0 bridgehead atoms. The molecule has 0 spiro atoms. The molecule has 0 saturated heterocycles. The van der Waals surface area contributed by atoms with Crippen molar-refractivity contribution in [3.05, 3.63) is 17.3 Å². The quantitative estimate of drug-likeness (QED) is 0.654. The zero-order valence-electron chi connectivity index (χ0n) is 9.12. The van der Waals surface area contributed by atoms with Crippen LogP contribution in [0.2, 0.25) is 0 Å². The number of hydrogen-bond acceptors (Lipinski definition) is 3. The van der Waals surface area contributed by atoms with Crippen LogP contribution in [0.25, 0.3) is 11.2 Å². The van der Waals surface area contributed by atoms with Crippen molar-refractivity contribution >= 4 is 11.2 Å². The van der Waals surface area contributed by atoms with Crippen molar-refractivity contribution in [2.75, 3.05) is 0 Å². The molecule has 2 aromatic heterocycles. The number of aromatic nitrogens is 4. The first-order valence-corrected chi connectivity index (χ1v) is 5.46. The van der Waals surface area contributed by atoms with E-state index in [2.05, 4.69) is 19.5 Å². The Kier molecular flexibility index (Phi) is 1.78. The minimum absolute atomic E-state index is 0.841. The summed E-state index contributed by atoms with van der Waals surface area (Å²) in [5.41, 5.74) is 3.01. The van der Waals surface area contributed by atoms with Gasteiger partial charge in [-0.25, -0.2) is 15.0 Å². The van der Waals surface area contributed by atoms with Gasteiger partial charge in [-0.1, -0.05) is 0 Å². The summed E-state index contributed by atoms with van der Waals surface area (Å²) in [4.78, 5) is 13.5. The highest BCUT2D eigenvalue weighted by Gasteiger charge is 2.17. The summed E-state index contributed by atoms with van der Waals surface area (Å²) in [5.74, 6) is 2.02. The van der Waals surface area contributed by atoms with E-state index in [0.717, 1.165) is 35.6 Å². The molecule has 0 N–H and O–H groups in total. The number of hydrogen-bond donors (Lipinski definition) is 0. The van der Waals surface area contributed by atoms with E-state index in [4.69, 9.17) is 0 Å². The Hall–Kier alpha value is -1.45. The molecule has 0 aliphatic carbocycles. The van der Waals surface area contributed by atoms with Crippen molar-refractivity contribution in [3.8, 4) is 0 Å². The van der Waals surface area contributed by atoms with Crippen LogP contribution in [-0.2, 0) is 13.0 Å². The van der Waals surface area contributed by atoms with Crippen molar-refractivity contribution < 1.29 is 0 Å². The first-order valence-electron chi connectivity index (χ1n) is 5.46. The van der Waals surface area contributed by atoms with Gasteiger partial charge >= 0.3 is 0 Å². The lowest BCUT2D eigenvalue weighted by atomic mass is 10.2. The summed E-state index contributed by atoms with van der Waals surface area (Å²) in [7, 11) is 0. The number of fused-ring (bicyclic) bond motifs is 3. The summed E-state index contributed by atoms with van der Waals surface area (Å²) in [6.07, 6.45) is 3.56. The molecule has 1 aliphatic rings. The van der Waals surface area contributed by atoms with E-state index in [0.29, 0.717) is 0 Å². The van der Waals surface area contributed by atoms with E-state index < -0.39 is 0 Å². The molecule has 0 amide bonds. The van der Waals surface area contributed by atoms with Gasteiger partial charge in [-0.15, -0.1) is 0 Å². The smallest absolute Gasteiger partial charge is 0.164 e. The summed E-state index contributed by atoms with van der Waals surface area (Å²) in [6.45, 7) is 5.01. The van der Waals surface area contributed by atoms with Crippen LogP contribution in [-0.4, -0.2) is 19.5 Å². The summed E-state index contributed by atoms with van der Waals surface area (Å²) >= 11 is 0. The van der Waals surface area contributed by atoms with Crippen LogP contribution >= 0.6 is 0 Å². The van der Waals surface area contributed by atoms with E-state index in [1.165, 1.54) is 18.7 Å². The van der Waals surface area contributed by atoms with Crippen LogP contribution in [0.5, 0.6) is 0 Å². The lowest BCUT2D eigenvalue weighted by Gasteiger charge is -2.13. The van der Waals surface area contributed by atoms with Crippen LogP contribution in [0.4, 0.5) is 0 Å². The molecule has 0 saturated carbocycles. The molecule has 78 valence electrons. The van der Waals surface area contributed by atoms with E-state index in [1.807, 2.05) is 13.8 Å². The van der Waals surface area contributed by atoms with E-state index >= 15 is 0 Å². The topological polar surface area (TPSA) is 43.6 Å². The molecule has 0 aromatic carbocycles. The molecule has 15 heavy (non-hydrogen) atoms. The summed E-state index contributed by atoms with van der Waals surface area (Å²) in [5, 5.41) is 0. The van der Waals surface area contributed by atoms with Crippen LogP contribution in [0.3, 0.4) is 0 Å². The molecule has 0 atom stereocenters. The van der Waals surface area contributed by atoms with Gasteiger partial charge < -0.3 is 4.57 Å². The molecule has 2 aromatic rings. The number of rotatable bonds is 0. The Bertz CT molecular complexity index is 527. The molecule has 0 unspecified atom stereocenters. The Morgan fingerprint density at radius 3 is 2.80 bits per heavy atom. The maximum absolute atomic E-state index is 4.63. The zero-order valence-corrected chi connectivity index (χ0v) is 9.12. The molecular weight excluding hydrogens is 188 g/mol. The van der Waals surface area contributed by atoms with Gasteiger partial charge in [0.25, 0.3) is 0 Å². The van der Waals surface area contributed by atoms with Crippen molar-refractivity contribution in [2.45, 2.75) is 39.7 Å². The average Bonchev–Trinajstić information content (AvgIpc) is 2.57. The molecule has 0 radical (unpaired) electrons. The first kappa shape index (κ1) is 8.83. The molecule has 3 heterocycles. The fourth-order valence-electron chi connectivity index (χ4n) is 2.30.